The predicted octanol–water partition coefficient (Wildman–Crippen LogP) is 5.27. The molecule has 4 nitrogen and oxygen atoms in total. The largest absolute Gasteiger partial charge is 0.356 e. The van der Waals surface area contributed by atoms with E-state index in [9.17, 15) is 0 Å². The first-order chi connectivity index (χ1) is 12.3. The van der Waals surface area contributed by atoms with Crippen molar-refractivity contribution in [3.05, 3.63) is 59.1 Å². The third kappa shape index (κ3) is 2.52. The van der Waals surface area contributed by atoms with E-state index in [0.717, 1.165) is 34.2 Å². The quantitative estimate of drug-likeness (QED) is 0.511. The van der Waals surface area contributed by atoms with Gasteiger partial charge in [0.25, 0.3) is 0 Å². The molecule has 1 fully saturated rings. The Morgan fingerprint density at radius 2 is 1.96 bits per heavy atom. The highest BCUT2D eigenvalue weighted by atomic mass is 35.5. The zero-order chi connectivity index (χ0) is 16.8. The first-order valence-electron chi connectivity index (χ1n) is 8.87. The molecule has 0 radical (unpaired) electrons. The molecule has 126 valence electrons. The average molecular weight is 351 g/mol. The molecule has 1 saturated carbocycles. The zero-order valence-electron chi connectivity index (χ0n) is 13.9. The van der Waals surface area contributed by atoms with Gasteiger partial charge in [0, 0.05) is 23.5 Å². The highest BCUT2D eigenvalue weighted by Gasteiger charge is 2.22. The molecule has 0 spiro atoms. The minimum Gasteiger partial charge on any atom is -0.356 e. The Bertz CT molecular complexity index is 1040. The Labute approximate surface area is 150 Å². The van der Waals surface area contributed by atoms with Crippen molar-refractivity contribution in [1.82, 2.24) is 19.5 Å². The molecule has 5 rings (SSSR count). The molecule has 3 aromatic heterocycles. The van der Waals surface area contributed by atoms with Crippen LogP contribution < -0.4 is 0 Å². The standard InChI is InChI=1S/C20H19ClN4/c21-19-16-11-14(10-13-6-2-1-3-7-13)23-17(16)18-20(24-19)25(12-22-18)15-8-4-5-9-15/h1-3,6-7,11-12,15,23H,4-5,8-10H2. The molecule has 4 aromatic rings. The van der Waals surface area contributed by atoms with Gasteiger partial charge in [-0.2, -0.15) is 0 Å². The van der Waals surface area contributed by atoms with E-state index in [4.69, 9.17) is 11.6 Å². The van der Waals surface area contributed by atoms with Crippen molar-refractivity contribution in [2.45, 2.75) is 38.1 Å². The van der Waals surface area contributed by atoms with E-state index in [1.807, 2.05) is 12.4 Å². The van der Waals surface area contributed by atoms with E-state index in [-0.39, 0.29) is 0 Å². The molecule has 1 N–H and O–H groups in total. The molecule has 0 amide bonds. The monoisotopic (exact) mass is 350 g/mol. The maximum absolute atomic E-state index is 6.52. The molecule has 0 aliphatic heterocycles. The minimum atomic E-state index is 0.504. The lowest BCUT2D eigenvalue weighted by Gasteiger charge is -2.11. The van der Waals surface area contributed by atoms with Crippen LogP contribution in [0.5, 0.6) is 0 Å². The molecular formula is C20H19ClN4. The van der Waals surface area contributed by atoms with Crippen LogP contribution >= 0.6 is 11.6 Å². The van der Waals surface area contributed by atoms with Gasteiger partial charge in [-0.05, 0) is 24.5 Å². The number of aromatic nitrogens is 4. The fourth-order valence-electron chi connectivity index (χ4n) is 4.02. The maximum Gasteiger partial charge on any atom is 0.163 e. The zero-order valence-corrected chi connectivity index (χ0v) is 14.6. The molecule has 1 aliphatic rings. The lowest BCUT2D eigenvalue weighted by atomic mass is 10.1. The maximum atomic E-state index is 6.52. The van der Waals surface area contributed by atoms with Crippen molar-refractivity contribution in [2.24, 2.45) is 0 Å². The number of nitrogens with one attached hydrogen (secondary N) is 1. The lowest BCUT2D eigenvalue weighted by Crippen LogP contribution is -2.03. The molecule has 0 saturated heterocycles. The second-order valence-corrected chi connectivity index (χ2v) is 7.27. The number of fused-ring (bicyclic) bond motifs is 3. The van der Waals surface area contributed by atoms with Crippen molar-refractivity contribution in [3.8, 4) is 0 Å². The number of imidazole rings is 1. The molecule has 25 heavy (non-hydrogen) atoms. The summed E-state index contributed by atoms with van der Waals surface area (Å²) in [4.78, 5) is 12.9. The fraction of sp³-hybridized carbons (Fsp3) is 0.300. The predicted molar refractivity (Wildman–Crippen MR) is 101 cm³/mol. The van der Waals surface area contributed by atoms with Crippen LogP contribution in [0.4, 0.5) is 0 Å². The van der Waals surface area contributed by atoms with Crippen molar-refractivity contribution >= 4 is 33.7 Å². The van der Waals surface area contributed by atoms with Crippen LogP contribution in [0.25, 0.3) is 22.1 Å². The third-order valence-corrected chi connectivity index (χ3v) is 5.55. The van der Waals surface area contributed by atoms with E-state index in [2.05, 4.69) is 49.9 Å². The summed E-state index contributed by atoms with van der Waals surface area (Å²) in [6, 6.07) is 13.0. The Morgan fingerprint density at radius 1 is 1.16 bits per heavy atom. The summed E-state index contributed by atoms with van der Waals surface area (Å²) >= 11 is 6.52. The van der Waals surface area contributed by atoms with Gasteiger partial charge in [0.15, 0.2) is 5.65 Å². The summed E-state index contributed by atoms with van der Waals surface area (Å²) < 4.78 is 2.21. The number of aromatic amines is 1. The molecular weight excluding hydrogens is 332 g/mol. The molecule has 0 unspecified atom stereocenters. The van der Waals surface area contributed by atoms with Gasteiger partial charge in [0.2, 0.25) is 0 Å². The summed E-state index contributed by atoms with van der Waals surface area (Å²) in [6.07, 6.45) is 7.74. The van der Waals surface area contributed by atoms with Gasteiger partial charge in [-0.1, -0.05) is 54.8 Å². The number of H-pyrrole nitrogens is 1. The van der Waals surface area contributed by atoms with Crippen molar-refractivity contribution < 1.29 is 0 Å². The van der Waals surface area contributed by atoms with Crippen molar-refractivity contribution in [3.63, 3.8) is 0 Å². The number of benzene rings is 1. The van der Waals surface area contributed by atoms with Crippen LogP contribution in [0.3, 0.4) is 0 Å². The van der Waals surface area contributed by atoms with E-state index in [1.54, 1.807) is 0 Å². The third-order valence-electron chi connectivity index (χ3n) is 5.26. The summed E-state index contributed by atoms with van der Waals surface area (Å²) in [5.74, 6) is 0. The minimum absolute atomic E-state index is 0.504. The molecule has 5 heteroatoms. The number of rotatable bonds is 3. The first-order valence-corrected chi connectivity index (χ1v) is 9.25. The Hall–Kier alpha value is -2.33. The lowest BCUT2D eigenvalue weighted by molar-refractivity contribution is 0.529. The highest BCUT2D eigenvalue weighted by Crippen LogP contribution is 2.35. The second kappa shape index (κ2) is 5.88. The van der Waals surface area contributed by atoms with Gasteiger partial charge in [-0.3, -0.25) is 0 Å². The number of pyridine rings is 1. The van der Waals surface area contributed by atoms with Crippen LogP contribution in [0.1, 0.15) is 43.0 Å². The molecule has 1 aromatic carbocycles. The van der Waals surface area contributed by atoms with Gasteiger partial charge >= 0.3 is 0 Å². The Balaban J connectivity index is 1.63. The van der Waals surface area contributed by atoms with Crippen molar-refractivity contribution in [2.75, 3.05) is 0 Å². The summed E-state index contributed by atoms with van der Waals surface area (Å²) in [6.45, 7) is 0. The van der Waals surface area contributed by atoms with Crippen LogP contribution in [0.15, 0.2) is 42.7 Å². The number of hydrogen-bond acceptors (Lipinski definition) is 2. The Morgan fingerprint density at radius 3 is 2.76 bits per heavy atom. The number of hydrogen-bond donors (Lipinski definition) is 1. The number of nitrogens with zero attached hydrogens (tertiary/aromatic N) is 3. The molecule has 0 atom stereocenters. The Kier molecular flexibility index (Phi) is 3.52. The van der Waals surface area contributed by atoms with Gasteiger partial charge < -0.3 is 9.55 Å². The number of halogens is 1. The van der Waals surface area contributed by atoms with Crippen LogP contribution in [0.2, 0.25) is 5.15 Å². The van der Waals surface area contributed by atoms with Crippen molar-refractivity contribution in [1.29, 1.82) is 0 Å². The summed E-state index contributed by atoms with van der Waals surface area (Å²) in [7, 11) is 0. The normalized spacial score (nSPS) is 15.6. The van der Waals surface area contributed by atoms with Gasteiger partial charge in [-0.15, -0.1) is 0 Å². The molecule has 1 aliphatic carbocycles. The van der Waals surface area contributed by atoms with E-state index in [1.165, 1.54) is 31.2 Å². The highest BCUT2D eigenvalue weighted by molar-refractivity contribution is 6.35. The summed E-state index contributed by atoms with van der Waals surface area (Å²) in [5.41, 5.74) is 5.22. The van der Waals surface area contributed by atoms with Gasteiger partial charge in [0.1, 0.15) is 10.7 Å². The van der Waals surface area contributed by atoms with E-state index in [0.29, 0.717) is 11.2 Å². The fourth-order valence-corrected chi connectivity index (χ4v) is 4.24. The topological polar surface area (TPSA) is 46.5 Å². The second-order valence-electron chi connectivity index (χ2n) is 6.91. The van der Waals surface area contributed by atoms with Gasteiger partial charge in [0.05, 0.1) is 11.8 Å². The summed E-state index contributed by atoms with van der Waals surface area (Å²) in [5, 5.41) is 1.51. The van der Waals surface area contributed by atoms with E-state index >= 15 is 0 Å². The first kappa shape index (κ1) is 15.0. The molecule has 0 bridgehead atoms. The average Bonchev–Trinajstić information content (AvgIpc) is 3.34. The van der Waals surface area contributed by atoms with Crippen LogP contribution in [-0.4, -0.2) is 19.5 Å². The smallest absolute Gasteiger partial charge is 0.163 e. The van der Waals surface area contributed by atoms with E-state index < -0.39 is 0 Å². The van der Waals surface area contributed by atoms with Crippen LogP contribution in [-0.2, 0) is 6.42 Å². The van der Waals surface area contributed by atoms with Gasteiger partial charge in [-0.25, -0.2) is 9.97 Å². The molecule has 3 heterocycles. The SMILES string of the molecule is Clc1nc2c(ncn2C2CCCC2)c2[nH]c(Cc3ccccc3)cc12. The van der Waals surface area contributed by atoms with Crippen LogP contribution in [0, 0.1) is 0 Å².